The molecule has 3 aromatic heterocycles. The van der Waals surface area contributed by atoms with Crippen molar-refractivity contribution < 1.29 is 4.79 Å². The van der Waals surface area contributed by atoms with E-state index in [1.54, 1.807) is 21.0 Å². The number of amides is 1. The SMILES string of the molecule is CNc1nnc(Cc2csc(NC(=O)c3c(C)cc(C)n(C)c3=O)n2)s1. The fourth-order valence-corrected chi connectivity index (χ4v) is 3.86. The van der Waals surface area contributed by atoms with Crippen LogP contribution in [-0.2, 0) is 13.5 Å². The van der Waals surface area contributed by atoms with Gasteiger partial charge in [0.1, 0.15) is 10.6 Å². The standard InChI is InChI=1S/C16H18N6O2S2/c1-8-5-9(2)22(4)14(24)12(8)13(23)19-16-18-10(7-25-16)6-11-20-21-15(17-3)26-11/h5,7H,6H2,1-4H3,(H,17,21)(H,18,19,23). The van der Waals surface area contributed by atoms with Crippen molar-refractivity contribution in [2.45, 2.75) is 20.3 Å². The molecule has 26 heavy (non-hydrogen) atoms. The summed E-state index contributed by atoms with van der Waals surface area (Å²) in [5, 5.41) is 17.6. The van der Waals surface area contributed by atoms with E-state index in [1.165, 1.54) is 27.2 Å². The number of aryl methyl sites for hydroxylation is 2. The van der Waals surface area contributed by atoms with Gasteiger partial charge in [-0.3, -0.25) is 14.9 Å². The van der Waals surface area contributed by atoms with E-state index in [1.807, 2.05) is 18.4 Å². The third-order valence-electron chi connectivity index (χ3n) is 3.88. The molecule has 0 bridgehead atoms. The van der Waals surface area contributed by atoms with Crippen molar-refractivity contribution in [3.63, 3.8) is 0 Å². The normalized spacial score (nSPS) is 10.8. The van der Waals surface area contributed by atoms with Crippen LogP contribution in [0, 0.1) is 13.8 Å². The maximum absolute atomic E-state index is 12.5. The van der Waals surface area contributed by atoms with Crippen molar-refractivity contribution in [2.75, 3.05) is 17.7 Å². The summed E-state index contributed by atoms with van der Waals surface area (Å²) in [7, 11) is 3.44. The van der Waals surface area contributed by atoms with E-state index in [0.717, 1.165) is 21.5 Å². The summed E-state index contributed by atoms with van der Waals surface area (Å²) in [4.78, 5) is 29.3. The second-order valence-corrected chi connectivity index (χ2v) is 7.65. The van der Waals surface area contributed by atoms with Crippen molar-refractivity contribution in [3.05, 3.63) is 49.3 Å². The van der Waals surface area contributed by atoms with Crippen LogP contribution >= 0.6 is 22.7 Å². The minimum absolute atomic E-state index is 0.137. The van der Waals surface area contributed by atoms with Crippen molar-refractivity contribution in [1.82, 2.24) is 19.7 Å². The summed E-state index contributed by atoms with van der Waals surface area (Å²) in [6, 6.07) is 1.82. The highest BCUT2D eigenvalue weighted by Crippen LogP contribution is 2.22. The van der Waals surface area contributed by atoms with Crippen molar-refractivity contribution in [3.8, 4) is 0 Å². The number of pyridine rings is 1. The maximum atomic E-state index is 12.5. The predicted molar refractivity (Wildman–Crippen MR) is 103 cm³/mol. The van der Waals surface area contributed by atoms with Gasteiger partial charge in [0.05, 0.1) is 5.69 Å². The molecule has 0 aliphatic rings. The van der Waals surface area contributed by atoms with E-state index < -0.39 is 5.91 Å². The number of hydrogen-bond acceptors (Lipinski definition) is 8. The van der Waals surface area contributed by atoms with Crippen LogP contribution in [0.4, 0.5) is 10.3 Å². The third-order valence-corrected chi connectivity index (χ3v) is 5.63. The lowest BCUT2D eigenvalue weighted by Gasteiger charge is -2.09. The fraction of sp³-hybridized carbons (Fsp3) is 0.312. The van der Waals surface area contributed by atoms with Gasteiger partial charge in [-0.1, -0.05) is 11.3 Å². The first-order chi connectivity index (χ1) is 12.4. The Morgan fingerprint density at radius 1 is 1.27 bits per heavy atom. The molecule has 0 saturated heterocycles. The summed E-state index contributed by atoms with van der Waals surface area (Å²) in [6.07, 6.45) is 0.539. The number of carbonyl (C=O) groups excluding carboxylic acids is 1. The molecular formula is C16H18N6O2S2. The first-order valence-electron chi connectivity index (χ1n) is 7.82. The molecule has 8 nitrogen and oxygen atoms in total. The number of rotatable bonds is 5. The van der Waals surface area contributed by atoms with Crippen molar-refractivity contribution in [1.29, 1.82) is 0 Å². The highest BCUT2D eigenvalue weighted by Gasteiger charge is 2.18. The van der Waals surface area contributed by atoms with Gasteiger partial charge in [-0.2, -0.15) is 0 Å². The number of aromatic nitrogens is 4. The van der Waals surface area contributed by atoms with E-state index in [0.29, 0.717) is 17.1 Å². The molecule has 3 heterocycles. The average Bonchev–Trinajstić information content (AvgIpc) is 3.22. The van der Waals surface area contributed by atoms with Crippen molar-refractivity contribution in [2.24, 2.45) is 7.05 Å². The topological polar surface area (TPSA) is 102 Å². The highest BCUT2D eigenvalue weighted by atomic mass is 32.1. The van der Waals surface area contributed by atoms with Crippen LogP contribution in [0.5, 0.6) is 0 Å². The maximum Gasteiger partial charge on any atom is 0.263 e. The Hall–Kier alpha value is -2.59. The Morgan fingerprint density at radius 3 is 2.73 bits per heavy atom. The van der Waals surface area contributed by atoms with Gasteiger partial charge in [-0.25, -0.2) is 4.98 Å². The Kier molecular flexibility index (Phi) is 5.14. The van der Waals surface area contributed by atoms with Gasteiger partial charge in [0.25, 0.3) is 11.5 Å². The zero-order valence-corrected chi connectivity index (χ0v) is 16.4. The molecule has 0 radical (unpaired) electrons. The van der Waals surface area contributed by atoms with Crippen molar-refractivity contribution >= 4 is 38.8 Å². The van der Waals surface area contributed by atoms with Crippen LogP contribution in [0.15, 0.2) is 16.2 Å². The van der Waals surface area contributed by atoms with Gasteiger partial charge in [-0.15, -0.1) is 21.5 Å². The fourth-order valence-electron chi connectivity index (χ4n) is 2.44. The molecule has 2 N–H and O–H groups in total. The quantitative estimate of drug-likeness (QED) is 0.692. The largest absolute Gasteiger partial charge is 0.363 e. The summed E-state index contributed by atoms with van der Waals surface area (Å²) in [6.45, 7) is 3.58. The summed E-state index contributed by atoms with van der Waals surface area (Å²) in [5.41, 5.74) is 2.06. The molecule has 1 amide bonds. The molecule has 0 aromatic carbocycles. The second kappa shape index (κ2) is 7.34. The number of carbonyl (C=O) groups is 1. The summed E-state index contributed by atoms with van der Waals surface area (Å²) >= 11 is 2.77. The Balaban J connectivity index is 1.76. The molecule has 0 fully saturated rings. The molecule has 0 aliphatic heterocycles. The van der Waals surface area contributed by atoms with Gasteiger partial charge in [0.15, 0.2) is 5.13 Å². The number of nitrogens with zero attached hydrogens (tertiary/aromatic N) is 4. The molecule has 0 saturated carbocycles. The highest BCUT2D eigenvalue weighted by molar-refractivity contribution is 7.15. The predicted octanol–water partition coefficient (Wildman–Crippen LogP) is 2.19. The molecule has 0 unspecified atom stereocenters. The van der Waals surface area contributed by atoms with Crippen LogP contribution in [0.25, 0.3) is 0 Å². The van der Waals surface area contributed by atoms with Crippen LogP contribution in [0.2, 0.25) is 0 Å². The third kappa shape index (κ3) is 3.65. The average molecular weight is 390 g/mol. The molecule has 10 heteroatoms. The van der Waals surface area contributed by atoms with E-state index in [-0.39, 0.29) is 11.1 Å². The second-order valence-electron chi connectivity index (χ2n) is 5.73. The smallest absolute Gasteiger partial charge is 0.263 e. The van der Waals surface area contributed by atoms with E-state index in [9.17, 15) is 9.59 Å². The molecule has 136 valence electrons. The molecular weight excluding hydrogens is 372 g/mol. The van der Waals surface area contributed by atoms with E-state index in [4.69, 9.17) is 0 Å². The van der Waals surface area contributed by atoms with Gasteiger partial charge < -0.3 is 9.88 Å². The lowest BCUT2D eigenvalue weighted by atomic mass is 10.1. The minimum Gasteiger partial charge on any atom is -0.363 e. The molecule has 3 rings (SSSR count). The Labute approximate surface area is 157 Å². The van der Waals surface area contributed by atoms with Crippen LogP contribution in [0.3, 0.4) is 0 Å². The molecule has 3 aromatic rings. The number of thiazole rings is 1. The first kappa shape index (κ1) is 18.2. The zero-order valence-electron chi connectivity index (χ0n) is 14.8. The lowest BCUT2D eigenvalue weighted by Crippen LogP contribution is -2.30. The first-order valence-corrected chi connectivity index (χ1v) is 9.51. The summed E-state index contributed by atoms with van der Waals surface area (Å²) in [5.74, 6) is -0.447. The summed E-state index contributed by atoms with van der Waals surface area (Å²) < 4.78 is 1.46. The number of nitrogens with one attached hydrogen (secondary N) is 2. The van der Waals surface area contributed by atoms with Crippen LogP contribution < -0.4 is 16.2 Å². The molecule has 0 aliphatic carbocycles. The Bertz CT molecular complexity index is 1020. The van der Waals surface area contributed by atoms with Gasteiger partial charge in [0, 0.05) is 31.6 Å². The number of anilines is 2. The van der Waals surface area contributed by atoms with Crippen LogP contribution in [-0.4, -0.2) is 32.7 Å². The number of hydrogen-bond donors (Lipinski definition) is 2. The van der Waals surface area contributed by atoms with E-state index >= 15 is 0 Å². The molecule has 0 spiro atoms. The zero-order chi connectivity index (χ0) is 18.8. The monoisotopic (exact) mass is 390 g/mol. The van der Waals surface area contributed by atoms with E-state index in [2.05, 4.69) is 25.8 Å². The van der Waals surface area contributed by atoms with Gasteiger partial charge in [-0.05, 0) is 25.5 Å². The van der Waals surface area contributed by atoms with Crippen LogP contribution in [0.1, 0.15) is 32.3 Å². The Morgan fingerprint density at radius 2 is 2.04 bits per heavy atom. The minimum atomic E-state index is -0.447. The van der Waals surface area contributed by atoms with Gasteiger partial charge in [0.2, 0.25) is 5.13 Å². The lowest BCUT2D eigenvalue weighted by molar-refractivity contribution is 0.102. The van der Waals surface area contributed by atoms with Gasteiger partial charge >= 0.3 is 0 Å². The molecule has 0 atom stereocenters.